The van der Waals surface area contributed by atoms with Gasteiger partial charge in [0.05, 0.1) is 0 Å². The Morgan fingerprint density at radius 1 is 1.14 bits per heavy atom. The summed E-state index contributed by atoms with van der Waals surface area (Å²) in [7, 11) is 0. The summed E-state index contributed by atoms with van der Waals surface area (Å²) in [5.74, 6) is 1.28. The monoisotopic (exact) mass is 407 g/mol. The Morgan fingerprint density at radius 3 is 2.76 bits per heavy atom. The van der Waals surface area contributed by atoms with Crippen molar-refractivity contribution in [2.24, 2.45) is 0 Å². The Kier molecular flexibility index (Phi) is 5.14. The molecule has 0 bridgehead atoms. The van der Waals surface area contributed by atoms with Crippen LogP contribution >= 0.6 is 11.6 Å². The van der Waals surface area contributed by atoms with Gasteiger partial charge in [-0.2, -0.15) is 4.98 Å². The third-order valence-corrected chi connectivity index (χ3v) is 4.55. The number of anilines is 1. The predicted octanol–water partition coefficient (Wildman–Crippen LogP) is 4.51. The van der Waals surface area contributed by atoms with Gasteiger partial charge in [0.2, 0.25) is 11.7 Å². The van der Waals surface area contributed by atoms with Gasteiger partial charge < -0.3 is 14.4 Å². The Morgan fingerprint density at radius 2 is 1.97 bits per heavy atom. The molecule has 29 heavy (non-hydrogen) atoms. The number of hydrogen-bond donors (Lipinski definition) is 1. The molecule has 7 nitrogen and oxygen atoms in total. The van der Waals surface area contributed by atoms with Gasteiger partial charge in [0.25, 0.3) is 5.89 Å². The summed E-state index contributed by atoms with van der Waals surface area (Å²) in [6.45, 7) is 3.92. The zero-order chi connectivity index (χ0) is 20.4. The van der Waals surface area contributed by atoms with E-state index in [0.717, 1.165) is 11.1 Å². The third kappa shape index (κ3) is 4.35. The number of carbonyl (C=O) groups excluding carboxylic acids is 1. The fourth-order valence-corrected chi connectivity index (χ4v) is 3.11. The lowest BCUT2D eigenvalue weighted by molar-refractivity contribution is -0.116. The molecule has 0 unspecified atom stereocenters. The number of imidazole rings is 1. The summed E-state index contributed by atoms with van der Waals surface area (Å²) in [4.78, 5) is 21.3. The highest BCUT2D eigenvalue weighted by atomic mass is 35.5. The number of hydrogen-bond acceptors (Lipinski definition) is 5. The van der Waals surface area contributed by atoms with Crippen LogP contribution in [-0.2, 0) is 11.3 Å². The van der Waals surface area contributed by atoms with Crippen molar-refractivity contribution in [1.29, 1.82) is 0 Å². The molecule has 0 saturated heterocycles. The first kappa shape index (κ1) is 18.9. The summed E-state index contributed by atoms with van der Waals surface area (Å²) in [6.07, 6.45) is 1.73. The molecule has 0 radical (unpaired) electrons. The zero-order valence-corrected chi connectivity index (χ0v) is 16.6. The zero-order valence-electron chi connectivity index (χ0n) is 15.9. The second-order valence-electron chi connectivity index (χ2n) is 6.65. The molecule has 2 aromatic heterocycles. The molecule has 2 heterocycles. The molecule has 4 aromatic rings. The smallest absolute Gasteiger partial charge is 0.258 e. The van der Waals surface area contributed by atoms with E-state index in [0.29, 0.717) is 33.9 Å². The number of nitrogens with zero attached hydrogens (tertiary/aromatic N) is 4. The van der Waals surface area contributed by atoms with Crippen LogP contribution in [0.3, 0.4) is 0 Å². The first-order chi connectivity index (χ1) is 14.0. The molecule has 0 spiro atoms. The van der Waals surface area contributed by atoms with Crippen LogP contribution in [0.5, 0.6) is 0 Å². The number of amides is 1. The Labute approximate surface area is 172 Å². The van der Waals surface area contributed by atoms with E-state index >= 15 is 0 Å². The van der Waals surface area contributed by atoms with Crippen LogP contribution in [0, 0.1) is 13.8 Å². The molecule has 8 heteroatoms. The van der Waals surface area contributed by atoms with Crippen LogP contribution < -0.4 is 5.32 Å². The van der Waals surface area contributed by atoms with E-state index < -0.39 is 0 Å². The molecule has 146 valence electrons. The minimum atomic E-state index is -0.187. The fraction of sp³-hybridized carbons (Fsp3) is 0.143. The van der Waals surface area contributed by atoms with E-state index in [1.54, 1.807) is 35.0 Å². The van der Waals surface area contributed by atoms with E-state index in [9.17, 15) is 4.79 Å². The van der Waals surface area contributed by atoms with E-state index in [1.165, 1.54) is 0 Å². The molecule has 0 aliphatic heterocycles. The molecular formula is C21H18ClN5O2. The second-order valence-corrected chi connectivity index (χ2v) is 7.09. The van der Waals surface area contributed by atoms with Gasteiger partial charge in [-0.3, -0.25) is 4.79 Å². The SMILES string of the molecule is Cc1cccc(-c2nc(-c3cn(CC(=O)Nc4cccc(Cl)c4)c(C)n3)no2)c1. The largest absolute Gasteiger partial charge is 0.334 e. The van der Waals surface area contributed by atoms with Gasteiger partial charge in [-0.1, -0.05) is 40.5 Å². The molecule has 1 N–H and O–H groups in total. The van der Waals surface area contributed by atoms with E-state index in [4.69, 9.17) is 16.1 Å². The average Bonchev–Trinajstić information content (AvgIpc) is 3.29. The summed E-state index contributed by atoms with van der Waals surface area (Å²) in [5, 5.41) is 7.40. The normalized spacial score (nSPS) is 10.9. The van der Waals surface area contributed by atoms with Crippen molar-refractivity contribution in [3.8, 4) is 23.0 Å². The molecular weight excluding hydrogens is 390 g/mol. The van der Waals surface area contributed by atoms with Crippen LogP contribution in [0.1, 0.15) is 11.4 Å². The number of nitrogens with one attached hydrogen (secondary N) is 1. The first-order valence-electron chi connectivity index (χ1n) is 8.98. The summed E-state index contributed by atoms with van der Waals surface area (Å²) in [5.41, 5.74) is 3.14. The topological polar surface area (TPSA) is 85.8 Å². The quantitative estimate of drug-likeness (QED) is 0.526. The van der Waals surface area contributed by atoms with Gasteiger partial charge in [0, 0.05) is 22.5 Å². The Hall–Kier alpha value is -3.45. The lowest BCUT2D eigenvalue weighted by Crippen LogP contribution is -2.19. The van der Waals surface area contributed by atoms with Crippen molar-refractivity contribution in [1.82, 2.24) is 19.7 Å². The third-order valence-electron chi connectivity index (χ3n) is 4.32. The van der Waals surface area contributed by atoms with E-state index in [2.05, 4.69) is 20.4 Å². The number of aromatic nitrogens is 4. The molecule has 0 aliphatic rings. The number of benzene rings is 2. The van der Waals surface area contributed by atoms with Crippen LogP contribution in [0.15, 0.2) is 59.3 Å². The molecule has 4 rings (SSSR count). The first-order valence-corrected chi connectivity index (χ1v) is 9.36. The van der Waals surface area contributed by atoms with Crippen molar-refractivity contribution in [3.05, 3.63) is 71.1 Å². The van der Waals surface area contributed by atoms with Crippen molar-refractivity contribution in [3.63, 3.8) is 0 Å². The molecule has 0 saturated carbocycles. The maximum absolute atomic E-state index is 12.4. The molecule has 0 fully saturated rings. The number of rotatable bonds is 5. The highest BCUT2D eigenvalue weighted by molar-refractivity contribution is 6.30. The van der Waals surface area contributed by atoms with Crippen LogP contribution in [0.2, 0.25) is 5.02 Å². The molecule has 2 aromatic carbocycles. The van der Waals surface area contributed by atoms with Crippen molar-refractivity contribution < 1.29 is 9.32 Å². The standard InChI is InChI=1S/C21H18ClN5O2/c1-13-5-3-6-15(9-13)21-25-20(26-29-21)18-11-27(14(2)23-18)12-19(28)24-17-8-4-7-16(22)10-17/h3-11H,12H2,1-2H3,(H,24,28). The maximum atomic E-state index is 12.4. The second kappa shape index (κ2) is 7.89. The minimum absolute atomic E-state index is 0.105. The van der Waals surface area contributed by atoms with E-state index in [-0.39, 0.29) is 12.5 Å². The van der Waals surface area contributed by atoms with Crippen molar-refractivity contribution >= 4 is 23.2 Å². The van der Waals surface area contributed by atoms with Gasteiger partial charge in [-0.25, -0.2) is 4.98 Å². The van der Waals surface area contributed by atoms with Gasteiger partial charge in [-0.05, 0) is 44.2 Å². The number of halogens is 1. The summed E-state index contributed by atoms with van der Waals surface area (Å²) >= 11 is 5.95. The lowest BCUT2D eigenvalue weighted by atomic mass is 10.1. The average molecular weight is 408 g/mol. The summed E-state index contributed by atoms with van der Waals surface area (Å²) < 4.78 is 7.11. The highest BCUT2D eigenvalue weighted by Gasteiger charge is 2.16. The van der Waals surface area contributed by atoms with Crippen molar-refractivity contribution in [2.45, 2.75) is 20.4 Å². The summed E-state index contributed by atoms with van der Waals surface area (Å²) in [6, 6.07) is 14.8. The predicted molar refractivity (Wildman–Crippen MR) is 111 cm³/mol. The minimum Gasteiger partial charge on any atom is -0.334 e. The Balaban J connectivity index is 1.50. The molecule has 1 amide bonds. The van der Waals surface area contributed by atoms with Crippen molar-refractivity contribution in [2.75, 3.05) is 5.32 Å². The number of carbonyl (C=O) groups is 1. The highest BCUT2D eigenvalue weighted by Crippen LogP contribution is 2.22. The van der Waals surface area contributed by atoms with Crippen LogP contribution in [-0.4, -0.2) is 25.6 Å². The Bertz CT molecular complexity index is 1180. The molecule has 0 aliphatic carbocycles. The van der Waals surface area contributed by atoms with Gasteiger partial charge >= 0.3 is 0 Å². The van der Waals surface area contributed by atoms with Gasteiger partial charge in [0.1, 0.15) is 18.1 Å². The van der Waals surface area contributed by atoms with Gasteiger partial charge in [-0.15, -0.1) is 0 Å². The maximum Gasteiger partial charge on any atom is 0.258 e. The number of aryl methyl sites for hydroxylation is 2. The van der Waals surface area contributed by atoms with Gasteiger partial charge in [0.15, 0.2) is 0 Å². The fourth-order valence-electron chi connectivity index (χ4n) is 2.92. The van der Waals surface area contributed by atoms with E-state index in [1.807, 2.05) is 38.1 Å². The molecule has 0 atom stereocenters. The lowest BCUT2D eigenvalue weighted by Gasteiger charge is -2.07. The van der Waals surface area contributed by atoms with Crippen LogP contribution in [0.4, 0.5) is 5.69 Å². The van der Waals surface area contributed by atoms with Crippen LogP contribution in [0.25, 0.3) is 23.0 Å².